The number of ether oxygens (including phenoxy) is 1. The number of halogens is 2. The number of hydrogen-bond acceptors (Lipinski definition) is 1. The molecule has 0 saturated heterocycles. The van der Waals surface area contributed by atoms with Crippen molar-refractivity contribution in [1.82, 2.24) is 0 Å². The van der Waals surface area contributed by atoms with E-state index in [9.17, 15) is 0 Å². The molecule has 0 aliphatic heterocycles. The minimum absolute atomic E-state index is 0.465. The molecule has 1 atom stereocenters. The van der Waals surface area contributed by atoms with Crippen LogP contribution in [0.4, 0.5) is 0 Å². The predicted molar refractivity (Wildman–Crippen MR) is 88.1 cm³/mol. The van der Waals surface area contributed by atoms with Crippen molar-refractivity contribution in [1.29, 1.82) is 0 Å². The minimum Gasteiger partial charge on any atom is -0.493 e. The van der Waals surface area contributed by atoms with Crippen LogP contribution in [0.5, 0.6) is 5.75 Å². The molecule has 1 saturated carbocycles. The van der Waals surface area contributed by atoms with Crippen LogP contribution >= 0.6 is 31.9 Å². The van der Waals surface area contributed by atoms with Crippen molar-refractivity contribution in [3.05, 3.63) is 28.2 Å². The first-order valence-corrected chi connectivity index (χ1v) is 8.89. The molecule has 0 heterocycles. The monoisotopic (exact) mass is 388 g/mol. The fourth-order valence-corrected chi connectivity index (χ4v) is 4.14. The van der Waals surface area contributed by atoms with E-state index in [1.165, 1.54) is 31.2 Å². The molecule has 1 fully saturated rings. The largest absolute Gasteiger partial charge is 0.493 e. The van der Waals surface area contributed by atoms with Gasteiger partial charge < -0.3 is 4.74 Å². The zero-order valence-electron chi connectivity index (χ0n) is 11.7. The average molecular weight is 390 g/mol. The van der Waals surface area contributed by atoms with E-state index in [4.69, 9.17) is 4.74 Å². The molecule has 0 aromatic heterocycles. The lowest BCUT2D eigenvalue weighted by atomic mass is 9.80. The molecular weight excluding hydrogens is 368 g/mol. The molecule has 1 aliphatic rings. The van der Waals surface area contributed by atoms with Crippen molar-refractivity contribution in [3.8, 4) is 5.75 Å². The van der Waals surface area contributed by atoms with Gasteiger partial charge in [0.1, 0.15) is 5.75 Å². The Morgan fingerprint density at radius 1 is 1.26 bits per heavy atom. The van der Waals surface area contributed by atoms with Crippen molar-refractivity contribution in [2.75, 3.05) is 6.61 Å². The first-order chi connectivity index (χ1) is 9.11. The van der Waals surface area contributed by atoms with Gasteiger partial charge in [0.05, 0.1) is 11.1 Å². The summed E-state index contributed by atoms with van der Waals surface area (Å²) in [6, 6.07) is 6.46. The summed E-state index contributed by atoms with van der Waals surface area (Å²) in [6.07, 6.45) is 5.40. The Balaban J connectivity index is 2.06. The van der Waals surface area contributed by atoms with E-state index in [1.807, 2.05) is 6.92 Å². The third kappa shape index (κ3) is 3.98. The maximum Gasteiger partial charge on any atom is 0.133 e. The highest BCUT2D eigenvalue weighted by Gasteiger charge is 2.25. The Kier molecular flexibility index (Phi) is 5.76. The molecule has 0 radical (unpaired) electrons. The van der Waals surface area contributed by atoms with Crippen LogP contribution in [0, 0.1) is 11.8 Å². The number of benzene rings is 1. The van der Waals surface area contributed by atoms with Crippen LogP contribution in [0.1, 0.15) is 49.9 Å². The van der Waals surface area contributed by atoms with E-state index in [2.05, 4.69) is 57.0 Å². The summed E-state index contributed by atoms with van der Waals surface area (Å²) in [4.78, 5) is 0.465. The van der Waals surface area contributed by atoms with E-state index in [-0.39, 0.29) is 0 Å². The van der Waals surface area contributed by atoms with Gasteiger partial charge in [0.2, 0.25) is 0 Å². The van der Waals surface area contributed by atoms with Gasteiger partial charge in [-0.25, -0.2) is 0 Å². The van der Waals surface area contributed by atoms with Crippen molar-refractivity contribution >= 4 is 31.9 Å². The van der Waals surface area contributed by atoms with Crippen molar-refractivity contribution in [2.24, 2.45) is 11.8 Å². The van der Waals surface area contributed by atoms with Gasteiger partial charge in [-0.1, -0.05) is 41.8 Å². The minimum atomic E-state index is 0.465. The van der Waals surface area contributed by atoms with Gasteiger partial charge in [-0.05, 0) is 65.2 Å². The molecule has 0 N–H and O–H groups in total. The maximum atomic E-state index is 5.57. The Bertz CT molecular complexity index is 411. The van der Waals surface area contributed by atoms with Gasteiger partial charge in [0.25, 0.3) is 0 Å². The van der Waals surface area contributed by atoms with Gasteiger partial charge in [-0.15, -0.1) is 0 Å². The van der Waals surface area contributed by atoms with Gasteiger partial charge in [-0.3, -0.25) is 0 Å². The summed E-state index contributed by atoms with van der Waals surface area (Å²) in [6.45, 7) is 5.08. The first-order valence-electron chi connectivity index (χ1n) is 7.18. The molecule has 0 spiro atoms. The van der Waals surface area contributed by atoms with Crippen LogP contribution in [-0.4, -0.2) is 6.61 Å². The van der Waals surface area contributed by atoms with Crippen LogP contribution in [0.3, 0.4) is 0 Å². The van der Waals surface area contributed by atoms with E-state index >= 15 is 0 Å². The van der Waals surface area contributed by atoms with Gasteiger partial charge in [-0.2, -0.15) is 0 Å². The Morgan fingerprint density at radius 3 is 2.53 bits per heavy atom. The summed E-state index contributed by atoms with van der Waals surface area (Å²) >= 11 is 7.51. The topological polar surface area (TPSA) is 9.23 Å². The van der Waals surface area contributed by atoms with Crippen LogP contribution in [-0.2, 0) is 0 Å². The van der Waals surface area contributed by atoms with Crippen LogP contribution in [0.25, 0.3) is 0 Å². The molecule has 2 rings (SSSR count). The third-order valence-corrected chi connectivity index (χ3v) is 5.94. The quantitative estimate of drug-likeness (QED) is 0.564. The number of hydrogen-bond donors (Lipinski definition) is 0. The number of alkyl halides is 1. The molecule has 1 aliphatic carbocycles. The lowest BCUT2D eigenvalue weighted by molar-refractivity contribution is 0.287. The second kappa shape index (κ2) is 7.12. The van der Waals surface area contributed by atoms with E-state index in [0.717, 1.165) is 22.1 Å². The molecular formula is C16H22Br2O. The summed E-state index contributed by atoms with van der Waals surface area (Å²) in [5, 5.41) is 0. The summed E-state index contributed by atoms with van der Waals surface area (Å²) in [5.74, 6) is 2.60. The zero-order chi connectivity index (χ0) is 13.8. The highest BCUT2D eigenvalue weighted by atomic mass is 79.9. The van der Waals surface area contributed by atoms with Crippen LogP contribution < -0.4 is 4.74 Å². The highest BCUT2D eigenvalue weighted by molar-refractivity contribution is 9.10. The molecule has 106 valence electrons. The Labute approximate surface area is 133 Å². The normalized spacial score (nSPS) is 25.1. The standard InChI is InChI=1S/C16H22Br2O/c1-3-19-15-9-8-13(10-14(15)17)16(18)12-6-4-11(2)5-7-12/h8-12,16H,3-7H2,1-2H3. The second-order valence-electron chi connectivity index (χ2n) is 5.54. The van der Waals surface area contributed by atoms with E-state index in [1.54, 1.807) is 0 Å². The predicted octanol–water partition coefficient (Wildman–Crippen LogP) is 6.11. The maximum absolute atomic E-state index is 5.57. The fraction of sp³-hybridized carbons (Fsp3) is 0.625. The van der Waals surface area contributed by atoms with Crippen molar-refractivity contribution < 1.29 is 4.74 Å². The molecule has 1 unspecified atom stereocenters. The van der Waals surface area contributed by atoms with Crippen molar-refractivity contribution in [2.45, 2.75) is 44.4 Å². The molecule has 3 heteroatoms. The van der Waals surface area contributed by atoms with E-state index < -0.39 is 0 Å². The first kappa shape index (κ1) is 15.4. The van der Waals surface area contributed by atoms with Crippen LogP contribution in [0.15, 0.2) is 22.7 Å². The van der Waals surface area contributed by atoms with Gasteiger partial charge in [0, 0.05) is 4.83 Å². The summed E-state index contributed by atoms with van der Waals surface area (Å²) < 4.78 is 6.62. The molecule has 1 aromatic rings. The number of rotatable bonds is 4. The Morgan fingerprint density at radius 2 is 1.95 bits per heavy atom. The molecule has 19 heavy (non-hydrogen) atoms. The highest BCUT2D eigenvalue weighted by Crippen LogP contribution is 2.42. The van der Waals surface area contributed by atoms with E-state index in [0.29, 0.717) is 11.4 Å². The lowest BCUT2D eigenvalue weighted by Crippen LogP contribution is -2.16. The smallest absolute Gasteiger partial charge is 0.133 e. The fourth-order valence-electron chi connectivity index (χ4n) is 2.81. The molecule has 0 bridgehead atoms. The Hall–Kier alpha value is -0.0200. The van der Waals surface area contributed by atoms with Gasteiger partial charge >= 0.3 is 0 Å². The zero-order valence-corrected chi connectivity index (χ0v) is 14.8. The average Bonchev–Trinajstić information content (AvgIpc) is 2.41. The summed E-state index contributed by atoms with van der Waals surface area (Å²) in [7, 11) is 0. The molecule has 0 amide bonds. The third-order valence-electron chi connectivity index (χ3n) is 4.05. The summed E-state index contributed by atoms with van der Waals surface area (Å²) in [5.41, 5.74) is 1.36. The van der Waals surface area contributed by atoms with Crippen molar-refractivity contribution in [3.63, 3.8) is 0 Å². The van der Waals surface area contributed by atoms with Crippen LogP contribution in [0.2, 0.25) is 0 Å². The van der Waals surface area contributed by atoms with Gasteiger partial charge in [0.15, 0.2) is 0 Å². The molecule has 1 nitrogen and oxygen atoms in total. The second-order valence-corrected chi connectivity index (χ2v) is 7.39. The lowest BCUT2D eigenvalue weighted by Gasteiger charge is -2.30. The molecule has 1 aromatic carbocycles. The SMILES string of the molecule is CCOc1ccc(C(Br)C2CCC(C)CC2)cc1Br.